The number of carbonyl (C=O) groups excluding carboxylic acids is 1. The maximum Gasteiger partial charge on any atom is 0.416 e. The number of nitrogens with one attached hydrogen (secondary N) is 1. The number of rotatable bonds is 4. The van der Waals surface area contributed by atoms with E-state index in [0.29, 0.717) is 12.5 Å². The molecule has 106 valence electrons. The summed E-state index contributed by atoms with van der Waals surface area (Å²) in [4.78, 5) is 29.1. The first-order chi connectivity index (χ1) is 9.06. The first kappa shape index (κ1) is 13.9. The molecule has 2 heterocycles. The van der Waals surface area contributed by atoms with E-state index in [1.165, 1.54) is 19.0 Å². The molecule has 0 aromatic carbocycles. The van der Waals surface area contributed by atoms with Crippen LogP contribution in [0.15, 0.2) is 15.4 Å². The van der Waals surface area contributed by atoms with Gasteiger partial charge in [-0.1, -0.05) is 0 Å². The molecule has 0 unspecified atom stereocenters. The second-order valence-electron chi connectivity index (χ2n) is 5.30. The van der Waals surface area contributed by atoms with Crippen LogP contribution in [0.1, 0.15) is 29.8 Å². The third-order valence-corrected chi connectivity index (χ3v) is 3.79. The summed E-state index contributed by atoms with van der Waals surface area (Å²) >= 11 is 0. The van der Waals surface area contributed by atoms with E-state index in [9.17, 15) is 9.59 Å². The van der Waals surface area contributed by atoms with Crippen molar-refractivity contribution in [2.45, 2.75) is 19.3 Å². The van der Waals surface area contributed by atoms with Crippen LogP contribution in [0.2, 0.25) is 0 Å². The molecule has 1 aliphatic heterocycles. The number of hydrogen-bond acceptors (Lipinski definition) is 4. The van der Waals surface area contributed by atoms with Crippen molar-refractivity contribution in [2.75, 3.05) is 33.7 Å². The minimum atomic E-state index is -0.591. The van der Waals surface area contributed by atoms with Crippen LogP contribution in [0.5, 0.6) is 0 Å². The number of oxazole rings is 1. The monoisotopic (exact) mass is 267 g/mol. The molecule has 1 amide bonds. The Labute approximate surface area is 112 Å². The van der Waals surface area contributed by atoms with Crippen LogP contribution < -0.4 is 5.76 Å². The zero-order chi connectivity index (χ0) is 13.8. The third-order valence-electron chi connectivity index (χ3n) is 3.79. The van der Waals surface area contributed by atoms with E-state index in [0.717, 1.165) is 19.5 Å². The lowest BCUT2D eigenvalue weighted by Crippen LogP contribution is -2.33. The SMILES string of the molecule is CN1CCC(CCN(C)C(=O)c2c[nH]c(=O)o2)CC1. The normalized spacial score (nSPS) is 17.6. The van der Waals surface area contributed by atoms with Crippen LogP contribution >= 0.6 is 0 Å². The van der Waals surface area contributed by atoms with Crippen molar-refractivity contribution in [2.24, 2.45) is 5.92 Å². The van der Waals surface area contributed by atoms with E-state index < -0.39 is 5.76 Å². The molecule has 0 atom stereocenters. The molecule has 6 heteroatoms. The highest BCUT2D eigenvalue weighted by Crippen LogP contribution is 2.19. The van der Waals surface area contributed by atoms with Crippen molar-refractivity contribution in [1.29, 1.82) is 0 Å². The molecule has 2 rings (SSSR count). The van der Waals surface area contributed by atoms with Gasteiger partial charge >= 0.3 is 5.76 Å². The zero-order valence-electron chi connectivity index (χ0n) is 11.5. The molecule has 1 aromatic heterocycles. The number of aromatic amines is 1. The Bertz CT molecular complexity index is 471. The van der Waals surface area contributed by atoms with Crippen molar-refractivity contribution in [3.63, 3.8) is 0 Å². The fraction of sp³-hybridized carbons (Fsp3) is 0.692. The van der Waals surface area contributed by atoms with Crippen molar-refractivity contribution in [1.82, 2.24) is 14.8 Å². The van der Waals surface area contributed by atoms with Crippen LogP contribution in [0.25, 0.3) is 0 Å². The number of amides is 1. The van der Waals surface area contributed by atoms with Crippen LogP contribution in [0.3, 0.4) is 0 Å². The molecule has 1 saturated heterocycles. The molecule has 6 nitrogen and oxygen atoms in total. The summed E-state index contributed by atoms with van der Waals surface area (Å²) < 4.78 is 4.76. The highest BCUT2D eigenvalue weighted by molar-refractivity contribution is 5.90. The summed E-state index contributed by atoms with van der Waals surface area (Å²) in [7, 11) is 3.88. The van der Waals surface area contributed by atoms with Gasteiger partial charge in [0.05, 0.1) is 6.20 Å². The van der Waals surface area contributed by atoms with Gasteiger partial charge in [-0.15, -0.1) is 0 Å². The van der Waals surface area contributed by atoms with Gasteiger partial charge in [0, 0.05) is 13.6 Å². The van der Waals surface area contributed by atoms with Crippen LogP contribution in [-0.2, 0) is 0 Å². The summed E-state index contributed by atoms with van der Waals surface area (Å²) in [6, 6.07) is 0. The number of piperidine rings is 1. The molecule has 1 aromatic rings. The van der Waals surface area contributed by atoms with Crippen molar-refractivity contribution in [3.8, 4) is 0 Å². The Morgan fingerprint density at radius 3 is 2.79 bits per heavy atom. The highest BCUT2D eigenvalue weighted by atomic mass is 16.4. The Kier molecular flexibility index (Phi) is 4.42. The number of hydrogen-bond donors (Lipinski definition) is 1. The third kappa shape index (κ3) is 3.70. The second kappa shape index (κ2) is 6.06. The smallest absolute Gasteiger partial charge is 0.403 e. The lowest BCUT2D eigenvalue weighted by molar-refractivity contribution is 0.0746. The van der Waals surface area contributed by atoms with E-state index >= 15 is 0 Å². The average molecular weight is 267 g/mol. The Hall–Kier alpha value is -1.56. The largest absolute Gasteiger partial charge is 0.416 e. The van der Waals surface area contributed by atoms with E-state index in [1.54, 1.807) is 11.9 Å². The summed E-state index contributed by atoms with van der Waals surface area (Å²) in [6.45, 7) is 2.96. The average Bonchev–Trinajstić information content (AvgIpc) is 2.83. The quantitative estimate of drug-likeness (QED) is 0.875. The maximum absolute atomic E-state index is 11.9. The fourth-order valence-corrected chi connectivity index (χ4v) is 2.41. The maximum atomic E-state index is 11.9. The number of H-pyrrole nitrogens is 1. The van der Waals surface area contributed by atoms with Crippen LogP contribution in [0, 0.1) is 5.92 Å². The van der Waals surface area contributed by atoms with Gasteiger partial charge in [-0.3, -0.25) is 9.78 Å². The van der Waals surface area contributed by atoms with Crippen LogP contribution in [-0.4, -0.2) is 54.4 Å². The number of aromatic nitrogens is 1. The van der Waals surface area contributed by atoms with Crippen LogP contribution in [0.4, 0.5) is 0 Å². The molecule has 0 saturated carbocycles. The van der Waals surface area contributed by atoms with Gasteiger partial charge in [0.1, 0.15) is 0 Å². The molecule has 1 aliphatic rings. The molecule has 0 spiro atoms. The summed E-state index contributed by atoms with van der Waals surface area (Å²) in [5, 5.41) is 0. The Morgan fingerprint density at radius 2 is 2.21 bits per heavy atom. The standard InChI is InChI=1S/C13H21N3O3/c1-15-6-3-10(4-7-15)5-8-16(2)12(17)11-9-14-13(18)19-11/h9-10H,3-8H2,1-2H3,(H,14,18). The molecule has 1 N–H and O–H groups in total. The van der Waals surface area contributed by atoms with Crippen molar-refractivity contribution < 1.29 is 9.21 Å². The molecule has 0 aliphatic carbocycles. The Balaban J connectivity index is 1.79. The van der Waals surface area contributed by atoms with E-state index in [2.05, 4.69) is 16.9 Å². The minimum absolute atomic E-state index is 0.0795. The van der Waals surface area contributed by atoms with Gasteiger partial charge in [-0.2, -0.15) is 0 Å². The molecule has 1 fully saturated rings. The summed E-state index contributed by atoms with van der Waals surface area (Å²) in [6.07, 6.45) is 4.71. The second-order valence-corrected chi connectivity index (χ2v) is 5.30. The number of likely N-dealkylation sites (tertiary alicyclic amines) is 1. The lowest BCUT2D eigenvalue weighted by Gasteiger charge is -2.29. The molecular weight excluding hydrogens is 246 g/mol. The predicted molar refractivity (Wildman–Crippen MR) is 71.1 cm³/mol. The molecule has 0 bridgehead atoms. The number of nitrogens with zero attached hydrogens (tertiary/aromatic N) is 2. The van der Waals surface area contributed by atoms with Gasteiger partial charge in [-0.25, -0.2) is 4.79 Å². The first-order valence-electron chi connectivity index (χ1n) is 6.69. The molecule has 19 heavy (non-hydrogen) atoms. The molecular formula is C13H21N3O3. The van der Waals surface area contributed by atoms with Gasteiger partial charge in [0.25, 0.3) is 5.91 Å². The van der Waals surface area contributed by atoms with Gasteiger partial charge < -0.3 is 14.2 Å². The Morgan fingerprint density at radius 1 is 1.53 bits per heavy atom. The van der Waals surface area contributed by atoms with E-state index in [4.69, 9.17) is 4.42 Å². The van der Waals surface area contributed by atoms with Crippen molar-refractivity contribution >= 4 is 5.91 Å². The summed E-state index contributed by atoms with van der Waals surface area (Å²) in [5.74, 6) is -0.0705. The van der Waals surface area contributed by atoms with Crippen molar-refractivity contribution in [3.05, 3.63) is 22.5 Å². The van der Waals surface area contributed by atoms with Gasteiger partial charge in [0.15, 0.2) is 0 Å². The van der Waals surface area contributed by atoms with E-state index in [-0.39, 0.29) is 11.7 Å². The summed E-state index contributed by atoms with van der Waals surface area (Å²) in [5.41, 5.74) is 0. The fourth-order valence-electron chi connectivity index (χ4n) is 2.41. The minimum Gasteiger partial charge on any atom is -0.403 e. The van der Waals surface area contributed by atoms with E-state index in [1.807, 2.05) is 0 Å². The number of carbonyl (C=O) groups is 1. The lowest BCUT2D eigenvalue weighted by atomic mass is 9.94. The predicted octanol–water partition coefficient (Wildman–Crippen LogP) is 0.772. The highest BCUT2D eigenvalue weighted by Gasteiger charge is 2.20. The van der Waals surface area contributed by atoms with Gasteiger partial charge in [0.2, 0.25) is 5.76 Å². The topological polar surface area (TPSA) is 69.6 Å². The zero-order valence-corrected chi connectivity index (χ0v) is 11.5. The molecule has 0 radical (unpaired) electrons. The first-order valence-corrected chi connectivity index (χ1v) is 6.69. The van der Waals surface area contributed by atoms with Gasteiger partial charge in [-0.05, 0) is 45.3 Å².